The van der Waals surface area contributed by atoms with E-state index in [9.17, 15) is 19.5 Å². The summed E-state index contributed by atoms with van der Waals surface area (Å²) < 4.78 is 5.53. The first-order valence-corrected chi connectivity index (χ1v) is 11.6. The molecular formula is C26H30N2O5. The standard InChI is InChI=1S/C26H30N2O5/c1-17(24(29)28-15-9-3-2-4-14-23(28)25(30)31)27-26(32)33-16-22-20-12-7-5-10-18(20)19-11-6-8-13-21(19)22/h5-8,10-13,17,22-23H,2-4,9,14-16H2,1H3,(H,27,32)(H,30,31). The summed E-state index contributed by atoms with van der Waals surface area (Å²) in [5.74, 6) is -1.46. The molecule has 0 radical (unpaired) electrons. The molecule has 1 aliphatic heterocycles. The molecule has 2 aliphatic rings. The van der Waals surface area contributed by atoms with Gasteiger partial charge in [0, 0.05) is 12.5 Å². The second kappa shape index (κ2) is 10.1. The van der Waals surface area contributed by atoms with E-state index < -0.39 is 30.1 Å². The van der Waals surface area contributed by atoms with Crippen molar-refractivity contribution in [2.75, 3.05) is 13.2 Å². The Labute approximate surface area is 193 Å². The Kier molecular flexibility index (Phi) is 6.96. The van der Waals surface area contributed by atoms with Gasteiger partial charge in [-0.25, -0.2) is 9.59 Å². The Morgan fingerprint density at radius 3 is 2.24 bits per heavy atom. The molecule has 2 N–H and O–H groups in total. The lowest BCUT2D eigenvalue weighted by Gasteiger charge is -2.32. The lowest BCUT2D eigenvalue weighted by molar-refractivity contribution is -0.151. The third-order valence-electron chi connectivity index (χ3n) is 6.62. The molecule has 1 saturated heterocycles. The van der Waals surface area contributed by atoms with Gasteiger partial charge in [-0.3, -0.25) is 4.79 Å². The summed E-state index contributed by atoms with van der Waals surface area (Å²) in [7, 11) is 0. The molecule has 7 nitrogen and oxygen atoms in total. The number of nitrogens with one attached hydrogen (secondary N) is 1. The van der Waals surface area contributed by atoms with Crippen molar-refractivity contribution in [1.29, 1.82) is 0 Å². The van der Waals surface area contributed by atoms with E-state index in [2.05, 4.69) is 17.4 Å². The molecule has 2 amide bonds. The van der Waals surface area contributed by atoms with Crippen molar-refractivity contribution in [2.24, 2.45) is 0 Å². The fraction of sp³-hybridized carbons (Fsp3) is 0.423. The quantitative estimate of drug-likeness (QED) is 0.713. The second-order valence-electron chi connectivity index (χ2n) is 8.78. The van der Waals surface area contributed by atoms with Gasteiger partial charge in [0.05, 0.1) is 0 Å². The van der Waals surface area contributed by atoms with E-state index in [1.165, 1.54) is 4.90 Å². The molecule has 2 aromatic rings. The molecule has 33 heavy (non-hydrogen) atoms. The number of hydrogen-bond donors (Lipinski definition) is 2. The van der Waals surface area contributed by atoms with Crippen LogP contribution in [0.2, 0.25) is 0 Å². The highest BCUT2D eigenvalue weighted by Crippen LogP contribution is 2.44. The highest BCUT2D eigenvalue weighted by molar-refractivity contribution is 5.89. The zero-order valence-electron chi connectivity index (χ0n) is 18.8. The molecule has 0 spiro atoms. The van der Waals surface area contributed by atoms with Crippen molar-refractivity contribution in [3.05, 3.63) is 59.7 Å². The van der Waals surface area contributed by atoms with Crippen LogP contribution in [0.25, 0.3) is 11.1 Å². The number of carbonyl (C=O) groups excluding carboxylic acids is 2. The third-order valence-corrected chi connectivity index (χ3v) is 6.62. The van der Waals surface area contributed by atoms with Gasteiger partial charge in [-0.05, 0) is 42.0 Å². The maximum absolute atomic E-state index is 13.0. The summed E-state index contributed by atoms with van der Waals surface area (Å²) in [5, 5.41) is 12.2. The number of benzene rings is 2. The number of likely N-dealkylation sites (tertiary alicyclic amines) is 1. The molecule has 7 heteroatoms. The predicted molar refractivity (Wildman–Crippen MR) is 124 cm³/mol. The van der Waals surface area contributed by atoms with Crippen LogP contribution in [0.4, 0.5) is 4.79 Å². The molecule has 2 atom stereocenters. The largest absolute Gasteiger partial charge is 0.480 e. The average Bonchev–Trinajstić information content (AvgIpc) is 3.11. The van der Waals surface area contributed by atoms with Crippen LogP contribution in [0.1, 0.15) is 56.1 Å². The van der Waals surface area contributed by atoms with Gasteiger partial charge in [0.15, 0.2) is 0 Å². The molecule has 0 bridgehead atoms. The zero-order valence-corrected chi connectivity index (χ0v) is 18.8. The number of rotatable bonds is 5. The van der Waals surface area contributed by atoms with Crippen molar-refractivity contribution < 1.29 is 24.2 Å². The van der Waals surface area contributed by atoms with Crippen LogP contribution in [-0.2, 0) is 14.3 Å². The summed E-state index contributed by atoms with van der Waals surface area (Å²) in [6, 6.07) is 14.4. The maximum atomic E-state index is 13.0. The van der Waals surface area contributed by atoms with Crippen molar-refractivity contribution in [3.8, 4) is 11.1 Å². The van der Waals surface area contributed by atoms with E-state index in [-0.39, 0.29) is 12.5 Å². The molecule has 4 rings (SSSR count). The maximum Gasteiger partial charge on any atom is 0.407 e. The molecule has 2 unspecified atom stereocenters. The van der Waals surface area contributed by atoms with Crippen LogP contribution in [-0.4, -0.2) is 53.2 Å². The van der Waals surface area contributed by atoms with Crippen LogP contribution in [0.3, 0.4) is 0 Å². The number of nitrogens with zero attached hydrogens (tertiary/aromatic N) is 1. The lowest BCUT2D eigenvalue weighted by atomic mass is 9.98. The van der Waals surface area contributed by atoms with E-state index in [0.717, 1.165) is 47.9 Å². The van der Waals surface area contributed by atoms with Crippen LogP contribution in [0.5, 0.6) is 0 Å². The Morgan fingerprint density at radius 2 is 1.61 bits per heavy atom. The van der Waals surface area contributed by atoms with Crippen LogP contribution >= 0.6 is 0 Å². The Morgan fingerprint density at radius 1 is 1.00 bits per heavy atom. The minimum absolute atomic E-state index is 0.0695. The lowest BCUT2D eigenvalue weighted by Crippen LogP contribution is -2.53. The van der Waals surface area contributed by atoms with E-state index >= 15 is 0 Å². The van der Waals surface area contributed by atoms with Crippen LogP contribution in [0, 0.1) is 0 Å². The number of hydrogen-bond acceptors (Lipinski definition) is 4. The first-order chi connectivity index (χ1) is 16.0. The minimum Gasteiger partial charge on any atom is -0.480 e. The summed E-state index contributed by atoms with van der Waals surface area (Å²) in [6.07, 6.45) is 3.21. The third kappa shape index (κ3) is 4.87. The van der Waals surface area contributed by atoms with Gasteiger partial charge in [-0.2, -0.15) is 0 Å². The van der Waals surface area contributed by atoms with Gasteiger partial charge in [-0.1, -0.05) is 67.8 Å². The Hall–Kier alpha value is -3.35. The Bertz CT molecular complexity index is 991. The predicted octanol–water partition coefficient (Wildman–Crippen LogP) is 4.16. The molecule has 174 valence electrons. The number of amides is 2. The fourth-order valence-electron chi connectivity index (χ4n) is 4.93. The van der Waals surface area contributed by atoms with Crippen LogP contribution < -0.4 is 5.32 Å². The van der Waals surface area contributed by atoms with Crippen molar-refractivity contribution in [3.63, 3.8) is 0 Å². The molecule has 0 saturated carbocycles. The Balaban J connectivity index is 1.39. The van der Waals surface area contributed by atoms with E-state index in [1.807, 2.05) is 36.4 Å². The smallest absolute Gasteiger partial charge is 0.407 e. The van der Waals surface area contributed by atoms with Gasteiger partial charge >= 0.3 is 12.1 Å². The monoisotopic (exact) mass is 450 g/mol. The zero-order chi connectivity index (χ0) is 23.4. The van der Waals surface area contributed by atoms with E-state index in [0.29, 0.717) is 13.0 Å². The highest BCUT2D eigenvalue weighted by atomic mass is 16.5. The second-order valence-corrected chi connectivity index (χ2v) is 8.78. The van der Waals surface area contributed by atoms with Crippen molar-refractivity contribution in [1.82, 2.24) is 10.2 Å². The normalized spacial score (nSPS) is 18.9. The number of carboxylic acids is 1. The summed E-state index contributed by atoms with van der Waals surface area (Å²) in [4.78, 5) is 38.7. The fourth-order valence-corrected chi connectivity index (χ4v) is 4.93. The first-order valence-electron chi connectivity index (χ1n) is 11.6. The van der Waals surface area contributed by atoms with Gasteiger partial charge < -0.3 is 20.1 Å². The molecule has 1 heterocycles. The highest BCUT2D eigenvalue weighted by Gasteiger charge is 2.34. The average molecular weight is 451 g/mol. The van der Waals surface area contributed by atoms with Crippen molar-refractivity contribution >= 4 is 18.0 Å². The minimum atomic E-state index is -1.00. The van der Waals surface area contributed by atoms with Gasteiger partial charge in [-0.15, -0.1) is 0 Å². The molecule has 1 aliphatic carbocycles. The first kappa shape index (κ1) is 22.8. The number of aliphatic carboxylic acids is 1. The molecule has 0 aromatic heterocycles. The number of alkyl carbamates (subject to hydrolysis) is 1. The molecular weight excluding hydrogens is 420 g/mol. The van der Waals surface area contributed by atoms with Gasteiger partial charge in [0.25, 0.3) is 0 Å². The topological polar surface area (TPSA) is 95.9 Å². The van der Waals surface area contributed by atoms with E-state index in [4.69, 9.17) is 4.74 Å². The number of carboxylic acid groups (broad SMARTS) is 1. The summed E-state index contributed by atoms with van der Waals surface area (Å²) >= 11 is 0. The van der Waals surface area contributed by atoms with Crippen molar-refractivity contribution in [2.45, 2.75) is 57.0 Å². The molecule has 1 fully saturated rings. The number of ether oxygens (including phenoxy) is 1. The summed E-state index contributed by atoms with van der Waals surface area (Å²) in [6.45, 7) is 2.11. The van der Waals surface area contributed by atoms with Gasteiger partial charge in [0.1, 0.15) is 18.7 Å². The SMILES string of the molecule is CC(NC(=O)OCC1c2ccccc2-c2ccccc21)C(=O)N1CCCCCCC1C(=O)O. The van der Waals surface area contributed by atoms with Gasteiger partial charge in [0.2, 0.25) is 5.91 Å². The van der Waals surface area contributed by atoms with E-state index in [1.54, 1.807) is 6.92 Å². The number of carbonyl (C=O) groups is 3. The number of fused-ring (bicyclic) bond motifs is 3. The summed E-state index contributed by atoms with van der Waals surface area (Å²) in [5.41, 5.74) is 4.51. The molecule has 2 aromatic carbocycles. The van der Waals surface area contributed by atoms with Crippen LogP contribution in [0.15, 0.2) is 48.5 Å².